The number of carbonyl (C=O) groups is 3. The van der Waals surface area contributed by atoms with Gasteiger partial charge in [-0.3, -0.25) is 19.7 Å². The molecule has 0 bridgehead atoms. The molecule has 0 heterocycles. The Morgan fingerprint density at radius 3 is 2.04 bits per heavy atom. The minimum Gasteiger partial charge on any atom is -0.326 e. The minimum absolute atomic E-state index is 0.0109. The van der Waals surface area contributed by atoms with Crippen molar-refractivity contribution >= 4 is 35.2 Å². The molecule has 5 nitrogen and oxygen atoms in total. The Hall–Kier alpha value is -2.60. The normalized spacial score (nSPS) is 11.0. The van der Waals surface area contributed by atoms with Crippen LogP contribution in [0.4, 0.5) is 5.69 Å². The number of benzene rings is 2. The highest BCUT2D eigenvalue weighted by atomic mass is 32.2. The van der Waals surface area contributed by atoms with Crippen LogP contribution in [0, 0.1) is 0 Å². The quantitative estimate of drug-likeness (QED) is 0.765. The van der Waals surface area contributed by atoms with Crippen molar-refractivity contribution in [1.29, 1.82) is 0 Å². The summed E-state index contributed by atoms with van der Waals surface area (Å²) in [5, 5.41) is 5.09. The maximum Gasteiger partial charge on any atom is 0.257 e. The molecular formula is C21H24N2O3S. The second-order valence-corrected chi connectivity index (χ2v) is 8.25. The second-order valence-electron chi connectivity index (χ2n) is 7.20. The summed E-state index contributed by atoms with van der Waals surface area (Å²) in [4.78, 5) is 36.1. The summed E-state index contributed by atoms with van der Waals surface area (Å²) in [6.45, 7) is 7.75. The third kappa shape index (κ3) is 6.57. The first kappa shape index (κ1) is 20.7. The van der Waals surface area contributed by atoms with Crippen LogP contribution in [0.15, 0.2) is 53.4 Å². The van der Waals surface area contributed by atoms with Gasteiger partial charge in [0.2, 0.25) is 11.8 Å². The van der Waals surface area contributed by atoms with E-state index >= 15 is 0 Å². The fraction of sp³-hybridized carbons (Fsp3) is 0.286. The first-order valence-corrected chi connectivity index (χ1v) is 9.59. The number of hydrogen-bond donors (Lipinski definition) is 2. The second kappa shape index (κ2) is 8.86. The lowest BCUT2D eigenvalue weighted by Crippen LogP contribution is -2.31. The summed E-state index contributed by atoms with van der Waals surface area (Å²) in [6, 6.07) is 14.4. The van der Waals surface area contributed by atoms with Gasteiger partial charge in [-0.25, -0.2) is 0 Å². The highest BCUT2D eigenvalue weighted by Gasteiger charge is 2.15. The van der Waals surface area contributed by atoms with Gasteiger partial charge in [-0.1, -0.05) is 32.9 Å². The van der Waals surface area contributed by atoms with Gasteiger partial charge in [-0.2, -0.15) is 0 Å². The van der Waals surface area contributed by atoms with Gasteiger partial charge in [0.15, 0.2) is 0 Å². The Balaban J connectivity index is 1.86. The van der Waals surface area contributed by atoms with Crippen LogP contribution in [0.25, 0.3) is 0 Å². The summed E-state index contributed by atoms with van der Waals surface area (Å²) in [5.41, 5.74) is 2.30. The molecule has 2 N–H and O–H groups in total. The minimum atomic E-state index is -0.401. The lowest BCUT2D eigenvalue weighted by atomic mass is 9.87. The van der Waals surface area contributed by atoms with E-state index in [2.05, 4.69) is 31.4 Å². The molecular weight excluding hydrogens is 360 g/mol. The van der Waals surface area contributed by atoms with Crippen LogP contribution >= 0.6 is 11.8 Å². The Kier molecular flexibility index (Phi) is 6.80. The first-order chi connectivity index (χ1) is 12.6. The van der Waals surface area contributed by atoms with E-state index in [1.807, 2.05) is 24.3 Å². The number of imide groups is 1. The molecule has 0 fully saturated rings. The van der Waals surface area contributed by atoms with Crippen LogP contribution in [0.2, 0.25) is 0 Å². The SMILES string of the molecule is CC(=O)Nc1ccc(SCC(=O)NC(=O)c2ccc(C(C)(C)C)cc2)cc1. The molecule has 2 aromatic carbocycles. The van der Waals surface area contributed by atoms with E-state index in [4.69, 9.17) is 0 Å². The van der Waals surface area contributed by atoms with Gasteiger partial charge >= 0.3 is 0 Å². The fourth-order valence-corrected chi connectivity index (χ4v) is 3.04. The molecule has 0 saturated heterocycles. The van der Waals surface area contributed by atoms with E-state index in [1.165, 1.54) is 18.7 Å². The van der Waals surface area contributed by atoms with Crippen LogP contribution in [-0.4, -0.2) is 23.5 Å². The zero-order valence-corrected chi connectivity index (χ0v) is 16.8. The summed E-state index contributed by atoms with van der Waals surface area (Å²) < 4.78 is 0. The Bertz CT molecular complexity index is 822. The lowest BCUT2D eigenvalue weighted by Gasteiger charge is -2.19. The number of amides is 3. The van der Waals surface area contributed by atoms with Crippen molar-refractivity contribution in [3.63, 3.8) is 0 Å². The average Bonchev–Trinajstić information content (AvgIpc) is 2.60. The van der Waals surface area contributed by atoms with Crippen LogP contribution in [-0.2, 0) is 15.0 Å². The number of nitrogens with one attached hydrogen (secondary N) is 2. The number of rotatable bonds is 5. The summed E-state index contributed by atoms with van der Waals surface area (Å²) in [6.07, 6.45) is 0. The predicted molar refractivity (Wildman–Crippen MR) is 109 cm³/mol. The molecule has 0 aliphatic heterocycles. The van der Waals surface area contributed by atoms with Crippen molar-refractivity contribution in [2.45, 2.75) is 38.0 Å². The van der Waals surface area contributed by atoms with Crippen molar-refractivity contribution in [2.24, 2.45) is 0 Å². The zero-order valence-electron chi connectivity index (χ0n) is 16.0. The van der Waals surface area contributed by atoms with Crippen molar-refractivity contribution in [3.8, 4) is 0 Å². The monoisotopic (exact) mass is 384 g/mol. The topological polar surface area (TPSA) is 75.3 Å². The van der Waals surface area contributed by atoms with Crippen LogP contribution < -0.4 is 10.6 Å². The van der Waals surface area contributed by atoms with Gasteiger partial charge in [-0.05, 0) is 47.4 Å². The Morgan fingerprint density at radius 1 is 0.926 bits per heavy atom. The van der Waals surface area contributed by atoms with Crippen LogP contribution in [0.3, 0.4) is 0 Å². The molecule has 0 aromatic heterocycles. The smallest absolute Gasteiger partial charge is 0.257 e. The van der Waals surface area contributed by atoms with Gasteiger partial charge in [-0.15, -0.1) is 11.8 Å². The molecule has 0 aliphatic rings. The molecule has 2 aromatic rings. The van der Waals surface area contributed by atoms with Crippen LogP contribution in [0.1, 0.15) is 43.6 Å². The van der Waals surface area contributed by atoms with Crippen molar-refractivity contribution in [1.82, 2.24) is 5.32 Å². The van der Waals surface area contributed by atoms with Gasteiger partial charge < -0.3 is 5.32 Å². The molecule has 142 valence electrons. The summed E-state index contributed by atoms with van der Waals surface area (Å²) in [7, 11) is 0. The van der Waals surface area contributed by atoms with E-state index in [0.717, 1.165) is 10.5 Å². The molecule has 0 radical (unpaired) electrons. The zero-order chi connectivity index (χ0) is 20.0. The highest BCUT2D eigenvalue weighted by molar-refractivity contribution is 8.00. The number of carbonyl (C=O) groups excluding carboxylic acids is 3. The van der Waals surface area contributed by atoms with Gasteiger partial charge in [0.25, 0.3) is 5.91 Å². The summed E-state index contributed by atoms with van der Waals surface area (Å²) in [5.74, 6) is -0.757. The van der Waals surface area contributed by atoms with Gasteiger partial charge in [0.05, 0.1) is 5.75 Å². The van der Waals surface area contributed by atoms with E-state index in [-0.39, 0.29) is 23.0 Å². The third-order valence-electron chi connectivity index (χ3n) is 3.81. The average molecular weight is 385 g/mol. The first-order valence-electron chi connectivity index (χ1n) is 8.60. The number of anilines is 1. The molecule has 0 atom stereocenters. The number of thioether (sulfide) groups is 1. The van der Waals surface area contributed by atoms with Crippen molar-refractivity contribution in [2.75, 3.05) is 11.1 Å². The van der Waals surface area contributed by atoms with E-state index in [9.17, 15) is 14.4 Å². The molecule has 0 unspecified atom stereocenters. The van der Waals surface area contributed by atoms with E-state index in [1.54, 1.807) is 24.3 Å². The molecule has 0 aliphatic carbocycles. The molecule has 3 amide bonds. The molecule has 6 heteroatoms. The molecule has 27 heavy (non-hydrogen) atoms. The van der Waals surface area contributed by atoms with Crippen LogP contribution in [0.5, 0.6) is 0 Å². The maximum absolute atomic E-state index is 12.2. The largest absolute Gasteiger partial charge is 0.326 e. The van der Waals surface area contributed by atoms with Crippen molar-refractivity contribution in [3.05, 3.63) is 59.7 Å². The number of hydrogen-bond acceptors (Lipinski definition) is 4. The Labute approximate surface area is 163 Å². The highest BCUT2D eigenvalue weighted by Crippen LogP contribution is 2.22. The molecule has 0 spiro atoms. The molecule has 2 rings (SSSR count). The van der Waals surface area contributed by atoms with Gasteiger partial charge in [0.1, 0.15) is 0 Å². The maximum atomic E-state index is 12.2. The van der Waals surface area contributed by atoms with Gasteiger partial charge in [0, 0.05) is 23.1 Å². The fourth-order valence-electron chi connectivity index (χ4n) is 2.34. The third-order valence-corrected chi connectivity index (χ3v) is 4.82. The summed E-state index contributed by atoms with van der Waals surface area (Å²) >= 11 is 1.32. The lowest BCUT2D eigenvalue weighted by molar-refractivity contribution is -0.117. The van der Waals surface area contributed by atoms with E-state index < -0.39 is 5.91 Å². The Morgan fingerprint density at radius 2 is 1.52 bits per heavy atom. The molecule has 0 saturated carbocycles. The van der Waals surface area contributed by atoms with E-state index in [0.29, 0.717) is 11.3 Å². The van der Waals surface area contributed by atoms with Crippen molar-refractivity contribution < 1.29 is 14.4 Å². The predicted octanol–water partition coefficient (Wildman–Crippen LogP) is 3.99. The standard InChI is InChI=1S/C21H24N2O3S/c1-14(24)22-17-9-11-18(12-10-17)27-13-19(25)23-20(26)15-5-7-16(8-6-15)21(2,3)4/h5-12H,13H2,1-4H3,(H,22,24)(H,23,25,26).